The zero-order valence-electron chi connectivity index (χ0n) is 14.4. The van der Waals surface area contributed by atoms with Gasteiger partial charge in [0, 0.05) is 48.2 Å². The predicted octanol–water partition coefficient (Wildman–Crippen LogP) is 4.91. The van der Waals surface area contributed by atoms with Gasteiger partial charge in [-0.1, -0.05) is 35.3 Å². The van der Waals surface area contributed by atoms with E-state index < -0.39 is 0 Å². The fraction of sp³-hybridized carbons (Fsp3) is 0.150. The molecular weight excluding hydrogens is 381 g/mol. The van der Waals surface area contributed by atoms with Crippen molar-refractivity contribution in [2.24, 2.45) is 0 Å². The van der Waals surface area contributed by atoms with Crippen LogP contribution in [-0.2, 0) is 12.8 Å². The third-order valence-electron chi connectivity index (χ3n) is 4.29. The molecule has 0 radical (unpaired) electrons. The number of fused-ring (bicyclic) bond motifs is 1. The molecule has 0 spiro atoms. The summed E-state index contributed by atoms with van der Waals surface area (Å²) in [6.45, 7) is 0.758. The van der Waals surface area contributed by atoms with Crippen LogP contribution in [0.3, 0.4) is 0 Å². The van der Waals surface area contributed by atoms with Gasteiger partial charge in [0.15, 0.2) is 0 Å². The number of aromatic amines is 1. The van der Waals surface area contributed by atoms with Crippen molar-refractivity contribution >= 4 is 40.2 Å². The molecule has 0 aliphatic carbocycles. The number of H-pyrrole nitrogens is 1. The van der Waals surface area contributed by atoms with Crippen LogP contribution in [0.15, 0.2) is 55.1 Å². The third kappa shape index (κ3) is 4.38. The van der Waals surface area contributed by atoms with Gasteiger partial charge in [0.1, 0.15) is 5.65 Å². The fourth-order valence-corrected chi connectivity index (χ4v) is 3.19. The van der Waals surface area contributed by atoms with Gasteiger partial charge in [-0.2, -0.15) is 0 Å². The lowest BCUT2D eigenvalue weighted by molar-refractivity contribution is 0.974. The van der Waals surface area contributed by atoms with Gasteiger partial charge in [-0.3, -0.25) is 0 Å². The quantitative estimate of drug-likeness (QED) is 0.485. The minimum absolute atomic E-state index is 0.622. The van der Waals surface area contributed by atoms with Crippen LogP contribution in [0.5, 0.6) is 0 Å². The number of halogens is 2. The maximum atomic E-state index is 6.06. The maximum Gasteiger partial charge on any atom is 0.222 e. The summed E-state index contributed by atoms with van der Waals surface area (Å²) in [5, 5.41) is 5.64. The van der Waals surface area contributed by atoms with Crippen molar-refractivity contribution in [3.05, 3.63) is 81.9 Å². The van der Waals surface area contributed by atoms with E-state index in [1.807, 2.05) is 48.9 Å². The highest BCUT2D eigenvalue weighted by molar-refractivity contribution is 6.31. The van der Waals surface area contributed by atoms with Gasteiger partial charge in [-0.25, -0.2) is 15.0 Å². The Kier molecular flexibility index (Phi) is 5.23. The highest BCUT2D eigenvalue weighted by Gasteiger charge is 2.07. The number of anilines is 1. The first-order chi connectivity index (χ1) is 13.2. The summed E-state index contributed by atoms with van der Waals surface area (Å²) in [5.74, 6) is 0.622. The Bertz CT molecular complexity index is 1040. The summed E-state index contributed by atoms with van der Waals surface area (Å²) in [7, 11) is 0. The van der Waals surface area contributed by atoms with Gasteiger partial charge < -0.3 is 10.3 Å². The van der Waals surface area contributed by atoms with E-state index in [2.05, 4.69) is 25.3 Å². The molecule has 0 saturated heterocycles. The van der Waals surface area contributed by atoms with E-state index >= 15 is 0 Å². The number of nitrogens with zero attached hydrogens (tertiary/aromatic N) is 3. The van der Waals surface area contributed by atoms with Crippen molar-refractivity contribution < 1.29 is 0 Å². The molecule has 1 aromatic carbocycles. The first-order valence-electron chi connectivity index (χ1n) is 8.58. The molecule has 27 heavy (non-hydrogen) atoms. The molecule has 0 amide bonds. The number of pyridine rings is 1. The van der Waals surface area contributed by atoms with Gasteiger partial charge in [0.25, 0.3) is 0 Å². The lowest BCUT2D eigenvalue weighted by Gasteiger charge is -2.06. The first-order valence-corrected chi connectivity index (χ1v) is 9.34. The molecule has 0 aliphatic heterocycles. The highest BCUT2D eigenvalue weighted by atomic mass is 35.5. The van der Waals surface area contributed by atoms with Crippen LogP contribution in [-0.4, -0.2) is 26.5 Å². The first kappa shape index (κ1) is 17.8. The Balaban J connectivity index is 1.37. The largest absolute Gasteiger partial charge is 0.354 e. The van der Waals surface area contributed by atoms with Gasteiger partial charge in [-0.05, 0) is 41.3 Å². The molecule has 0 saturated carbocycles. The summed E-state index contributed by atoms with van der Waals surface area (Å²) < 4.78 is 0. The monoisotopic (exact) mass is 397 g/mol. The fourth-order valence-electron chi connectivity index (χ4n) is 2.91. The predicted molar refractivity (Wildman–Crippen MR) is 110 cm³/mol. The van der Waals surface area contributed by atoms with E-state index in [0.717, 1.165) is 40.1 Å². The van der Waals surface area contributed by atoms with E-state index in [4.69, 9.17) is 23.2 Å². The average Bonchev–Trinajstić information content (AvgIpc) is 3.07. The SMILES string of the molecule is Clc1ccc(CCNc2ncc(Cc3c[nH]c4ncc(Cl)cc34)cn2)cc1. The third-order valence-corrected chi connectivity index (χ3v) is 4.75. The Labute approximate surface area is 166 Å². The second kappa shape index (κ2) is 7.94. The standard InChI is InChI=1S/C20H17Cl2N5/c21-16-3-1-13(2-4-16)5-6-23-20-26-9-14(10-27-20)7-15-11-24-19-18(15)8-17(22)12-25-19/h1-4,8-12H,5-7H2,(H,24,25)(H,23,26,27). The molecule has 0 atom stereocenters. The molecule has 136 valence electrons. The Morgan fingerprint density at radius 2 is 1.67 bits per heavy atom. The summed E-state index contributed by atoms with van der Waals surface area (Å²) in [6.07, 6.45) is 8.87. The van der Waals surface area contributed by atoms with E-state index in [-0.39, 0.29) is 0 Å². The summed E-state index contributed by atoms with van der Waals surface area (Å²) in [5.41, 5.74) is 4.19. The number of hydrogen-bond donors (Lipinski definition) is 2. The van der Waals surface area contributed by atoms with Crippen LogP contribution in [0.2, 0.25) is 10.0 Å². The van der Waals surface area contributed by atoms with Crippen molar-refractivity contribution in [3.8, 4) is 0 Å². The average molecular weight is 398 g/mol. The zero-order chi connectivity index (χ0) is 18.6. The van der Waals surface area contributed by atoms with Crippen LogP contribution < -0.4 is 5.32 Å². The molecule has 5 nitrogen and oxygen atoms in total. The molecule has 0 aliphatic rings. The number of nitrogens with one attached hydrogen (secondary N) is 2. The Morgan fingerprint density at radius 3 is 2.44 bits per heavy atom. The van der Waals surface area contributed by atoms with Crippen molar-refractivity contribution in [2.45, 2.75) is 12.8 Å². The van der Waals surface area contributed by atoms with E-state index in [0.29, 0.717) is 17.4 Å². The molecule has 0 unspecified atom stereocenters. The second-order valence-corrected chi connectivity index (χ2v) is 7.13. The molecule has 0 bridgehead atoms. The number of rotatable bonds is 6. The second-order valence-electron chi connectivity index (χ2n) is 6.26. The highest BCUT2D eigenvalue weighted by Crippen LogP contribution is 2.22. The van der Waals surface area contributed by atoms with Gasteiger partial charge in [-0.15, -0.1) is 0 Å². The molecule has 0 fully saturated rings. The van der Waals surface area contributed by atoms with Gasteiger partial charge in [0.05, 0.1) is 5.02 Å². The van der Waals surface area contributed by atoms with Crippen LogP contribution in [0, 0.1) is 0 Å². The number of hydrogen-bond acceptors (Lipinski definition) is 4. The summed E-state index contributed by atoms with van der Waals surface area (Å²) >= 11 is 12.0. The zero-order valence-corrected chi connectivity index (χ0v) is 15.9. The number of aromatic nitrogens is 4. The van der Waals surface area contributed by atoms with Crippen LogP contribution >= 0.6 is 23.2 Å². The molecule has 3 aromatic heterocycles. The number of benzene rings is 1. The molecule has 2 N–H and O–H groups in total. The minimum Gasteiger partial charge on any atom is -0.354 e. The molecule has 4 rings (SSSR count). The van der Waals surface area contributed by atoms with E-state index in [9.17, 15) is 0 Å². The van der Waals surface area contributed by atoms with E-state index in [1.54, 1.807) is 6.20 Å². The molecule has 7 heteroatoms. The van der Waals surface area contributed by atoms with E-state index in [1.165, 1.54) is 5.56 Å². The van der Waals surface area contributed by atoms with Gasteiger partial charge >= 0.3 is 0 Å². The maximum absolute atomic E-state index is 6.06. The van der Waals surface area contributed by atoms with Crippen molar-refractivity contribution in [1.29, 1.82) is 0 Å². The van der Waals surface area contributed by atoms with Crippen molar-refractivity contribution in [2.75, 3.05) is 11.9 Å². The topological polar surface area (TPSA) is 66.5 Å². The van der Waals surface area contributed by atoms with Crippen molar-refractivity contribution in [3.63, 3.8) is 0 Å². The van der Waals surface area contributed by atoms with Crippen LogP contribution in [0.1, 0.15) is 16.7 Å². The summed E-state index contributed by atoms with van der Waals surface area (Å²) in [4.78, 5) is 16.3. The van der Waals surface area contributed by atoms with Crippen LogP contribution in [0.4, 0.5) is 5.95 Å². The Hall–Kier alpha value is -2.63. The van der Waals surface area contributed by atoms with Gasteiger partial charge in [0.2, 0.25) is 5.95 Å². The summed E-state index contributed by atoms with van der Waals surface area (Å²) in [6, 6.07) is 9.76. The Morgan fingerprint density at radius 1 is 0.889 bits per heavy atom. The molecule has 4 aromatic rings. The lowest BCUT2D eigenvalue weighted by Crippen LogP contribution is -2.08. The lowest BCUT2D eigenvalue weighted by atomic mass is 10.1. The normalized spacial score (nSPS) is 11.0. The molecular formula is C20H17Cl2N5. The molecule has 3 heterocycles. The van der Waals surface area contributed by atoms with Crippen molar-refractivity contribution in [1.82, 2.24) is 19.9 Å². The smallest absolute Gasteiger partial charge is 0.222 e. The minimum atomic E-state index is 0.622. The van der Waals surface area contributed by atoms with Crippen LogP contribution in [0.25, 0.3) is 11.0 Å².